The lowest BCUT2D eigenvalue weighted by Gasteiger charge is -2.13. The summed E-state index contributed by atoms with van der Waals surface area (Å²) in [5.74, 6) is 0.822. The van der Waals surface area contributed by atoms with E-state index < -0.39 is 0 Å². The van der Waals surface area contributed by atoms with Gasteiger partial charge in [-0.05, 0) is 43.3 Å². The van der Waals surface area contributed by atoms with Crippen molar-refractivity contribution in [3.8, 4) is 21.8 Å². The van der Waals surface area contributed by atoms with Crippen LogP contribution in [0.15, 0.2) is 57.1 Å². The minimum Gasteiger partial charge on any atom is -0.309 e. The Bertz CT molecular complexity index is 1520. The molecule has 166 valence electrons. The van der Waals surface area contributed by atoms with Gasteiger partial charge in [-0.1, -0.05) is 30.0 Å². The number of hydrogen-bond donors (Lipinski definition) is 1. The number of H-pyrrole nitrogens is 1. The molecule has 0 saturated heterocycles. The number of rotatable bonds is 6. The van der Waals surface area contributed by atoms with Crippen LogP contribution in [0.4, 0.5) is 4.39 Å². The van der Waals surface area contributed by atoms with Gasteiger partial charge in [-0.15, -0.1) is 32.9 Å². The largest absolute Gasteiger partial charge is 0.309 e. The molecule has 0 spiro atoms. The number of hydrogen-bond acceptors (Lipinski definition) is 7. The van der Waals surface area contributed by atoms with Gasteiger partial charge in [0.2, 0.25) is 0 Å². The summed E-state index contributed by atoms with van der Waals surface area (Å²) in [6, 6.07) is 10.9. The molecule has 6 rings (SSSR count). The molecule has 1 atom stereocenters. The molecule has 1 aliphatic rings. The zero-order valence-electron chi connectivity index (χ0n) is 17.5. The number of aromatic amines is 1. The van der Waals surface area contributed by atoms with Crippen LogP contribution in [0.2, 0.25) is 0 Å². The maximum Gasteiger partial charge on any atom is 0.260 e. The van der Waals surface area contributed by atoms with Crippen molar-refractivity contribution in [2.45, 2.75) is 36.2 Å². The van der Waals surface area contributed by atoms with Gasteiger partial charge in [0.05, 0.1) is 16.2 Å². The van der Waals surface area contributed by atoms with E-state index in [2.05, 4.69) is 15.2 Å². The Hall–Kier alpha value is -2.82. The molecule has 0 radical (unpaired) electrons. The van der Waals surface area contributed by atoms with E-state index >= 15 is 0 Å². The second-order valence-electron chi connectivity index (χ2n) is 7.91. The molecule has 1 unspecified atom stereocenters. The van der Waals surface area contributed by atoms with Crippen molar-refractivity contribution in [3.63, 3.8) is 0 Å². The lowest BCUT2D eigenvalue weighted by Crippen LogP contribution is -2.12. The molecule has 0 amide bonds. The SMILES string of the molecule is CC(Sc1nnc(-c2ccccc2F)n1C1CC1)c1nc2scc(-c3cccs3)c2c(=O)[nH]1. The van der Waals surface area contributed by atoms with Crippen molar-refractivity contribution < 1.29 is 4.39 Å². The summed E-state index contributed by atoms with van der Waals surface area (Å²) in [7, 11) is 0. The molecule has 0 bridgehead atoms. The lowest BCUT2D eigenvalue weighted by molar-refractivity contribution is 0.622. The Morgan fingerprint density at radius 3 is 2.76 bits per heavy atom. The van der Waals surface area contributed by atoms with Crippen LogP contribution in [0.1, 0.15) is 36.9 Å². The zero-order chi connectivity index (χ0) is 22.5. The average molecular weight is 496 g/mol. The van der Waals surface area contributed by atoms with E-state index in [-0.39, 0.29) is 22.7 Å². The molecule has 5 aromatic rings. The number of aromatic nitrogens is 5. The first-order valence-corrected chi connectivity index (χ1v) is 13.2. The lowest BCUT2D eigenvalue weighted by atomic mass is 10.2. The molecule has 1 saturated carbocycles. The third kappa shape index (κ3) is 3.71. The van der Waals surface area contributed by atoms with Crippen LogP contribution in [0.25, 0.3) is 32.0 Å². The highest BCUT2D eigenvalue weighted by Gasteiger charge is 2.32. The first kappa shape index (κ1) is 20.8. The molecular formula is C23H18FN5OS3. The Morgan fingerprint density at radius 1 is 1.15 bits per heavy atom. The minimum atomic E-state index is -0.313. The van der Waals surface area contributed by atoms with Crippen LogP contribution >= 0.6 is 34.4 Å². The fraction of sp³-hybridized carbons (Fsp3) is 0.217. The van der Waals surface area contributed by atoms with Gasteiger partial charge in [0.1, 0.15) is 16.5 Å². The third-order valence-electron chi connectivity index (χ3n) is 5.61. The van der Waals surface area contributed by atoms with E-state index in [1.165, 1.54) is 29.2 Å². The van der Waals surface area contributed by atoms with Gasteiger partial charge < -0.3 is 4.98 Å². The topological polar surface area (TPSA) is 76.5 Å². The Morgan fingerprint density at radius 2 is 2.00 bits per heavy atom. The van der Waals surface area contributed by atoms with Crippen LogP contribution in [0.3, 0.4) is 0 Å². The van der Waals surface area contributed by atoms with Gasteiger partial charge in [0, 0.05) is 21.9 Å². The van der Waals surface area contributed by atoms with Crippen molar-refractivity contribution in [3.05, 3.63) is 69.2 Å². The summed E-state index contributed by atoms with van der Waals surface area (Å²) in [6.07, 6.45) is 2.03. The van der Waals surface area contributed by atoms with E-state index in [0.717, 1.165) is 28.1 Å². The molecule has 4 heterocycles. The predicted octanol–water partition coefficient (Wildman–Crippen LogP) is 6.30. The van der Waals surface area contributed by atoms with E-state index in [9.17, 15) is 9.18 Å². The van der Waals surface area contributed by atoms with E-state index in [1.807, 2.05) is 34.4 Å². The fourth-order valence-corrected chi connectivity index (χ4v) is 6.58. The summed E-state index contributed by atoms with van der Waals surface area (Å²) in [6.45, 7) is 1.98. The molecule has 0 aliphatic heterocycles. The molecule has 1 aliphatic carbocycles. The van der Waals surface area contributed by atoms with Crippen LogP contribution in [-0.2, 0) is 0 Å². The number of halogens is 1. The molecule has 10 heteroatoms. The van der Waals surface area contributed by atoms with Gasteiger partial charge in [-0.3, -0.25) is 9.36 Å². The van der Waals surface area contributed by atoms with Crippen molar-refractivity contribution in [1.82, 2.24) is 24.7 Å². The highest BCUT2D eigenvalue weighted by molar-refractivity contribution is 7.99. The summed E-state index contributed by atoms with van der Waals surface area (Å²) in [4.78, 5) is 22.5. The number of fused-ring (bicyclic) bond motifs is 1. The molecule has 33 heavy (non-hydrogen) atoms. The Labute approximate surface area is 200 Å². The minimum absolute atomic E-state index is 0.136. The smallest absolute Gasteiger partial charge is 0.260 e. The summed E-state index contributed by atoms with van der Waals surface area (Å²) >= 11 is 4.56. The molecule has 6 nitrogen and oxygen atoms in total. The maximum atomic E-state index is 14.4. The second kappa shape index (κ2) is 8.19. The van der Waals surface area contributed by atoms with E-state index in [4.69, 9.17) is 4.98 Å². The standard InChI is InChI=1S/C23H18FN5OS3/c1-12(19-25-21(30)18-15(11-32-22(18)26-19)17-7-4-10-31-17)33-23-28-27-20(29(23)13-8-9-13)14-5-2-3-6-16(14)24/h2-7,10-13H,8-9H2,1H3,(H,25,26,30). The van der Waals surface area contributed by atoms with Crippen LogP contribution in [0, 0.1) is 5.82 Å². The fourth-order valence-electron chi connectivity index (χ4n) is 3.83. The zero-order valence-corrected chi connectivity index (χ0v) is 19.9. The Kier molecular flexibility index (Phi) is 5.16. The molecular weight excluding hydrogens is 477 g/mol. The number of thiophene rings is 2. The number of thioether (sulfide) groups is 1. The van der Waals surface area contributed by atoms with Gasteiger partial charge in [0.25, 0.3) is 5.56 Å². The quantitative estimate of drug-likeness (QED) is 0.280. The van der Waals surface area contributed by atoms with Gasteiger partial charge in [-0.25, -0.2) is 9.37 Å². The normalized spacial score (nSPS) is 14.7. The maximum absolute atomic E-state index is 14.4. The van der Waals surface area contributed by atoms with E-state index in [1.54, 1.807) is 29.5 Å². The van der Waals surface area contributed by atoms with Gasteiger partial charge in [0.15, 0.2) is 11.0 Å². The summed E-state index contributed by atoms with van der Waals surface area (Å²) < 4.78 is 16.5. The van der Waals surface area contributed by atoms with Crippen molar-refractivity contribution in [2.75, 3.05) is 0 Å². The first-order chi connectivity index (χ1) is 16.1. The van der Waals surface area contributed by atoms with Crippen molar-refractivity contribution in [2.24, 2.45) is 0 Å². The second-order valence-corrected chi connectivity index (χ2v) is 11.0. The first-order valence-electron chi connectivity index (χ1n) is 10.5. The number of nitrogens with one attached hydrogen (secondary N) is 1. The summed E-state index contributed by atoms with van der Waals surface area (Å²) in [5, 5.41) is 13.9. The highest BCUT2D eigenvalue weighted by atomic mass is 32.2. The molecule has 4 aromatic heterocycles. The highest BCUT2D eigenvalue weighted by Crippen LogP contribution is 2.44. The predicted molar refractivity (Wildman–Crippen MR) is 132 cm³/mol. The molecule has 1 fully saturated rings. The third-order valence-corrected chi connectivity index (χ3v) is 8.45. The average Bonchev–Trinajstić information content (AvgIpc) is 3.18. The van der Waals surface area contributed by atoms with Gasteiger partial charge in [-0.2, -0.15) is 0 Å². The van der Waals surface area contributed by atoms with Crippen LogP contribution in [-0.4, -0.2) is 24.7 Å². The van der Waals surface area contributed by atoms with Crippen molar-refractivity contribution in [1.29, 1.82) is 0 Å². The summed E-state index contributed by atoms with van der Waals surface area (Å²) in [5.41, 5.74) is 1.24. The van der Waals surface area contributed by atoms with Crippen LogP contribution < -0.4 is 5.56 Å². The number of nitrogens with zero attached hydrogens (tertiary/aromatic N) is 4. The molecule has 1 N–H and O–H groups in total. The number of benzene rings is 1. The van der Waals surface area contributed by atoms with Crippen LogP contribution in [0.5, 0.6) is 0 Å². The molecule has 1 aromatic carbocycles. The van der Waals surface area contributed by atoms with E-state index in [0.29, 0.717) is 27.8 Å². The monoisotopic (exact) mass is 495 g/mol. The van der Waals surface area contributed by atoms with Crippen molar-refractivity contribution >= 4 is 44.7 Å². The van der Waals surface area contributed by atoms with Gasteiger partial charge >= 0.3 is 0 Å². The Balaban J connectivity index is 1.35.